The zero-order valence-corrected chi connectivity index (χ0v) is 16.3. The van der Waals surface area contributed by atoms with Crippen molar-refractivity contribution >= 4 is 11.8 Å². The van der Waals surface area contributed by atoms with Gasteiger partial charge >= 0.3 is 6.36 Å². The van der Waals surface area contributed by atoms with Gasteiger partial charge in [0.25, 0.3) is 0 Å². The molecule has 0 radical (unpaired) electrons. The van der Waals surface area contributed by atoms with Crippen molar-refractivity contribution in [2.24, 2.45) is 0 Å². The number of hydrogen-bond donors (Lipinski definition) is 2. The number of anilines is 2. The van der Waals surface area contributed by atoms with Crippen LogP contribution in [0.25, 0.3) is 11.3 Å². The number of aromatic nitrogens is 2. The average molecular weight is 414 g/mol. The lowest BCUT2D eigenvalue weighted by atomic mass is 10.1. The second-order valence-corrected chi connectivity index (χ2v) is 7.30. The van der Waals surface area contributed by atoms with Crippen LogP contribution in [0, 0.1) is 6.92 Å². The zero-order chi connectivity index (χ0) is 21.1. The van der Waals surface area contributed by atoms with Crippen LogP contribution in [0.5, 0.6) is 5.75 Å². The number of alkyl halides is 3. The van der Waals surface area contributed by atoms with E-state index in [9.17, 15) is 13.2 Å². The van der Waals surface area contributed by atoms with Crippen LogP contribution in [-0.2, 0) is 6.54 Å². The molecular formula is C22H21F3N4O. The SMILES string of the molecule is Cc1ccc(CNc2cc(-c3cccc(OC(F)(F)F)c3)nc(NC3CC3)n2)cc1. The Balaban J connectivity index is 1.59. The molecule has 2 N–H and O–H groups in total. The summed E-state index contributed by atoms with van der Waals surface area (Å²) < 4.78 is 41.8. The number of halogens is 3. The third-order valence-corrected chi connectivity index (χ3v) is 4.59. The summed E-state index contributed by atoms with van der Waals surface area (Å²) in [6, 6.07) is 16.0. The van der Waals surface area contributed by atoms with Gasteiger partial charge in [0.05, 0.1) is 5.69 Å². The maximum absolute atomic E-state index is 12.6. The molecular weight excluding hydrogens is 393 g/mol. The Bertz CT molecular complexity index is 1020. The summed E-state index contributed by atoms with van der Waals surface area (Å²) in [6.45, 7) is 2.59. The van der Waals surface area contributed by atoms with Gasteiger partial charge in [0.15, 0.2) is 0 Å². The molecule has 0 aliphatic heterocycles. The number of benzene rings is 2. The molecule has 1 aromatic heterocycles. The molecule has 0 spiro atoms. The molecule has 156 valence electrons. The number of hydrogen-bond acceptors (Lipinski definition) is 5. The Labute approximate surface area is 172 Å². The van der Waals surface area contributed by atoms with E-state index in [4.69, 9.17) is 0 Å². The van der Waals surface area contributed by atoms with Gasteiger partial charge in [-0.15, -0.1) is 13.2 Å². The van der Waals surface area contributed by atoms with Gasteiger partial charge in [-0.1, -0.05) is 42.0 Å². The Morgan fingerprint density at radius 2 is 1.80 bits per heavy atom. The summed E-state index contributed by atoms with van der Waals surface area (Å²) in [5.74, 6) is 0.749. The van der Waals surface area contributed by atoms with Crippen LogP contribution < -0.4 is 15.4 Å². The summed E-state index contributed by atoms with van der Waals surface area (Å²) in [7, 11) is 0. The van der Waals surface area contributed by atoms with Gasteiger partial charge in [-0.25, -0.2) is 4.98 Å². The highest BCUT2D eigenvalue weighted by Crippen LogP contribution is 2.30. The molecule has 0 atom stereocenters. The molecule has 3 aromatic rings. The highest BCUT2D eigenvalue weighted by atomic mass is 19.4. The molecule has 1 aliphatic carbocycles. The van der Waals surface area contributed by atoms with E-state index in [1.54, 1.807) is 12.1 Å². The fraction of sp³-hybridized carbons (Fsp3) is 0.273. The fourth-order valence-corrected chi connectivity index (χ4v) is 2.91. The quantitative estimate of drug-likeness (QED) is 0.532. The number of nitrogens with one attached hydrogen (secondary N) is 2. The van der Waals surface area contributed by atoms with E-state index in [0.717, 1.165) is 18.4 Å². The van der Waals surface area contributed by atoms with Crippen LogP contribution in [0.2, 0.25) is 0 Å². The van der Waals surface area contributed by atoms with E-state index in [0.29, 0.717) is 35.6 Å². The average Bonchev–Trinajstić information content (AvgIpc) is 3.50. The standard InChI is InChI=1S/C22H21F3N4O/c1-14-5-7-15(8-6-14)13-26-20-12-19(28-21(29-20)27-17-9-10-17)16-3-2-4-18(11-16)30-22(23,24)25/h2-8,11-12,17H,9-10,13H2,1H3,(H2,26,27,28,29). The first-order chi connectivity index (χ1) is 14.3. The normalized spacial score (nSPS) is 13.7. The predicted octanol–water partition coefficient (Wildman–Crippen LogP) is 5.54. The first-order valence-corrected chi connectivity index (χ1v) is 9.65. The van der Waals surface area contributed by atoms with Crippen LogP contribution in [0.3, 0.4) is 0 Å². The summed E-state index contributed by atoms with van der Waals surface area (Å²) in [5.41, 5.74) is 3.29. The molecule has 4 rings (SSSR count). The Morgan fingerprint density at radius 1 is 1.03 bits per heavy atom. The molecule has 1 aliphatic rings. The molecule has 1 saturated carbocycles. The van der Waals surface area contributed by atoms with E-state index >= 15 is 0 Å². The Hall–Kier alpha value is -3.29. The zero-order valence-electron chi connectivity index (χ0n) is 16.3. The van der Waals surface area contributed by atoms with Gasteiger partial charge in [-0.3, -0.25) is 0 Å². The van der Waals surface area contributed by atoms with Crippen molar-refractivity contribution in [1.29, 1.82) is 0 Å². The fourth-order valence-electron chi connectivity index (χ4n) is 2.91. The predicted molar refractivity (Wildman–Crippen MR) is 109 cm³/mol. The van der Waals surface area contributed by atoms with Gasteiger partial charge < -0.3 is 15.4 Å². The molecule has 0 bridgehead atoms. The number of aryl methyl sites for hydroxylation is 1. The molecule has 0 unspecified atom stereocenters. The molecule has 5 nitrogen and oxygen atoms in total. The largest absolute Gasteiger partial charge is 0.573 e. The summed E-state index contributed by atoms with van der Waals surface area (Å²) in [5, 5.41) is 6.53. The van der Waals surface area contributed by atoms with Gasteiger partial charge in [-0.05, 0) is 37.5 Å². The first kappa shape index (κ1) is 20.0. The van der Waals surface area contributed by atoms with Crippen LogP contribution in [0.1, 0.15) is 24.0 Å². The monoisotopic (exact) mass is 414 g/mol. The molecule has 8 heteroatoms. The van der Waals surface area contributed by atoms with Gasteiger partial charge in [0, 0.05) is 24.2 Å². The maximum Gasteiger partial charge on any atom is 0.573 e. The molecule has 2 aromatic carbocycles. The molecule has 1 fully saturated rings. The van der Waals surface area contributed by atoms with E-state index < -0.39 is 6.36 Å². The minimum absolute atomic E-state index is 0.288. The first-order valence-electron chi connectivity index (χ1n) is 9.65. The molecule has 30 heavy (non-hydrogen) atoms. The topological polar surface area (TPSA) is 59.1 Å². The van der Waals surface area contributed by atoms with Crippen LogP contribution in [0.15, 0.2) is 54.6 Å². The minimum atomic E-state index is -4.75. The number of nitrogens with zero attached hydrogens (tertiary/aromatic N) is 2. The third-order valence-electron chi connectivity index (χ3n) is 4.59. The smallest absolute Gasteiger partial charge is 0.406 e. The van der Waals surface area contributed by atoms with Gasteiger partial charge in [0.1, 0.15) is 11.6 Å². The van der Waals surface area contributed by atoms with Gasteiger partial charge in [-0.2, -0.15) is 4.98 Å². The summed E-state index contributed by atoms with van der Waals surface area (Å²) in [6.07, 6.45) is -2.65. The molecule has 0 saturated heterocycles. The van der Waals surface area contributed by atoms with E-state index in [-0.39, 0.29) is 5.75 Å². The van der Waals surface area contributed by atoms with Crippen molar-refractivity contribution in [3.05, 3.63) is 65.7 Å². The lowest BCUT2D eigenvalue weighted by Crippen LogP contribution is -2.17. The van der Waals surface area contributed by atoms with Crippen molar-refractivity contribution in [2.75, 3.05) is 10.6 Å². The lowest BCUT2D eigenvalue weighted by molar-refractivity contribution is -0.274. The second kappa shape index (κ2) is 8.22. The second-order valence-electron chi connectivity index (χ2n) is 7.30. The minimum Gasteiger partial charge on any atom is -0.406 e. The van der Waals surface area contributed by atoms with E-state index in [1.165, 1.54) is 23.8 Å². The Morgan fingerprint density at radius 3 is 2.50 bits per heavy atom. The van der Waals surface area contributed by atoms with Crippen LogP contribution in [-0.4, -0.2) is 22.4 Å². The summed E-state index contributed by atoms with van der Waals surface area (Å²) in [4.78, 5) is 9.00. The maximum atomic E-state index is 12.6. The highest BCUT2D eigenvalue weighted by molar-refractivity contribution is 5.66. The summed E-state index contributed by atoms with van der Waals surface area (Å²) >= 11 is 0. The van der Waals surface area contributed by atoms with Gasteiger partial charge in [0.2, 0.25) is 5.95 Å². The van der Waals surface area contributed by atoms with Crippen molar-refractivity contribution in [3.63, 3.8) is 0 Å². The molecule has 0 amide bonds. The van der Waals surface area contributed by atoms with E-state index in [1.807, 2.05) is 31.2 Å². The Kier molecular flexibility index (Phi) is 5.48. The van der Waals surface area contributed by atoms with Crippen molar-refractivity contribution in [3.8, 4) is 17.0 Å². The van der Waals surface area contributed by atoms with Crippen LogP contribution >= 0.6 is 0 Å². The lowest BCUT2D eigenvalue weighted by Gasteiger charge is -2.13. The number of ether oxygens (including phenoxy) is 1. The number of rotatable bonds is 7. The van der Waals surface area contributed by atoms with E-state index in [2.05, 4.69) is 25.3 Å². The highest BCUT2D eigenvalue weighted by Gasteiger charge is 2.31. The molecule has 1 heterocycles. The van der Waals surface area contributed by atoms with Crippen molar-refractivity contribution in [1.82, 2.24) is 9.97 Å². The third kappa shape index (κ3) is 5.62. The van der Waals surface area contributed by atoms with Crippen molar-refractivity contribution in [2.45, 2.75) is 38.7 Å². The van der Waals surface area contributed by atoms with Crippen LogP contribution in [0.4, 0.5) is 24.9 Å². The van der Waals surface area contributed by atoms with Crippen molar-refractivity contribution < 1.29 is 17.9 Å².